The lowest BCUT2D eigenvalue weighted by Crippen LogP contribution is -2.44. The molecule has 0 aliphatic carbocycles. The number of hydrogen-bond acceptors (Lipinski definition) is 4. The summed E-state index contributed by atoms with van der Waals surface area (Å²) in [6, 6.07) is 14.2. The van der Waals surface area contributed by atoms with Gasteiger partial charge in [-0.3, -0.25) is 9.59 Å². The maximum atomic E-state index is 14.0. The van der Waals surface area contributed by atoms with Gasteiger partial charge in [0, 0.05) is 25.2 Å². The molecule has 8 heteroatoms. The van der Waals surface area contributed by atoms with Crippen LogP contribution in [0, 0.1) is 13.1 Å². The van der Waals surface area contributed by atoms with Crippen molar-refractivity contribution in [3.8, 4) is 0 Å². The zero-order valence-corrected chi connectivity index (χ0v) is 23.4. The fourth-order valence-corrected chi connectivity index (χ4v) is 6.61. The summed E-state index contributed by atoms with van der Waals surface area (Å²) in [5, 5.41) is 9.61. The van der Waals surface area contributed by atoms with Crippen LogP contribution in [0.3, 0.4) is 0 Å². The normalized spacial score (nSPS) is 28.2. The maximum Gasteiger partial charge on any atom is 0.264 e. The van der Waals surface area contributed by atoms with Gasteiger partial charge in [0.1, 0.15) is 0 Å². The van der Waals surface area contributed by atoms with Gasteiger partial charge in [0.05, 0.1) is 37.4 Å². The molecule has 180 valence electrons. The molecule has 0 radical (unpaired) electrons. The summed E-state index contributed by atoms with van der Waals surface area (Å²) in [5.41, 5.74) is 1.80. The topological polar surface area (TPSA) is 70.1 Å². The molecule has 4 atom stereocenters. The zero-order chi connectivity index (χ0) is 24.0. The molecule has 2 amide bonds. The van der Waals surface area contributed by atoms with E-state index in [1.807, 2.05) is 17.0 Å². The number of benzene rings is 2. The van der Waals surface area contributed by atoms with E-state index in [2.05, 4.69) is 82.4 Å². The van der Waals surface area contributed by atoms with Crippen molar-refractivity contribution in [1.29, 1.82) is 0 Å². The number of aliphatic hydroxyl groups is 1. The average molecular weight is 686 g/mol. The highest BCUT2D eigenvalue weighted by molar-refractivity contribution is 14.1. The van der Waals surface area contributed by atoms with Gasteiger partial charge in [-0.15, -0.1) is 0 Å². The number of aliphatic hydroxyl groups excluding tert-OH is 1. The molecule has 0 saturated carbocycles. The van der Waals surface area contributed by atoms with Crippen LogP contribution < -0.4 is 4.90 Å². The van der Waals surface area contributed by atoms with Crippen LogP contribution in [0.25, 0.3) is 0 Å². The van der Waals surface area contributed by atoms with Gasteiger partial charge in [-0.05, 0) is 100 Å². The van der Waals surface area contributed by atoms with Crippen LogP contribution >= 0.6 is 45.2 Å². The molecule has 34 heavy (non-hydrogen) atoms. The number of anilines is 1. The van der Waals surface area contributed by atoms with Crippen LogP contribution in [0.15, 0.2) is 42.5 Å². The molecule has 2 aromatic carbocycles. The number of ether oxygens (including phenoxy) is 1. The number of nitrogens with zero attached hydrogens (tertiary/aromatic N) is 2. The van der Waals surface area contributed by atoms with Gasteiger partial charge in [-0.25, -0.2) is 0 Å². The zero-order valence-electron chi connectivity index (χ0n) is 19.0. The summed E-state index contributed by atoms with van der Waals surface area (Å²) in [7, 11) is 0. The number of hydrogen-bond donors (Lipinski definition) is 1. The van der Waals surface area contributed by atoms with Gasteiger partial charge >= 0.3 is 0 Å². The van der Waals surface area contributed by atoms with E-state index < -0.39 is 5.60 Å². The second-order valence-electron chi connectivity index (χ2n) is 9.56. The largest absolute Gasteiger partial charge is 0.394 e. The van der Waals surface area contributed by atoms with Crippen LogP contribution in [-0.2, 0) is 26.5 Å². The summed E-state index contributed by atoms with van der Waals surface area (Å²) in [5.74, 6) is -0.0848. The molecule has 3 aliphatic rings. The van der Waals surface area contributed by atoms with Gasteiger partial charge in [-0.1, -0.05) is 19.1 Å². The summed E-state index contributed by atoms with van der Waals surface area (Å²) in [4.78, 5) is 30.7. The van der Waals surface area contributed by atoms with Crippen LogP contribution in [0.4, 0.5) is 5.69 Å². The molecule has 5 rings (SSSR count). The first kappa shape index (κ1) is 24.5. The number of amides is 2. The molecule has 2 saturated heterocycles. The summed E-state index contributed by atoms with van der Waals surface area (Å²) in [6.45, 7) is 3.22. The molecular formula is C26H28I2N2O4. The van der Waals surface area contributed by atoms with E-state index in [0.717, 1.165) is 36.8 Å². The van der Waals surface area contributed by atoms with E-state index in [1.54, 1.807) is 4.90 Å². The van der Waals surface area contributed by atoms with Gasteiger partial charge in [0.2, 0.25) is 5.91 Å². The van der Waals surface area contributed by atoms with Crippen molar-refractivity contribution in [1.82, 2.24) is 4.90 Å². The SMILES string of the molecule is C[C@@H]1C[C@H](CC(=O)N2CCC[C@H]2CO)O[C@@]12C(=O)N(Cc1ccc(I)cc1)c1ccc(I)cc12. The predicted molar refractivity (Wildman–Crippen MR) is 146 cm³/mol. The smallest absolute Gasteiger partial charge is 0.264 e. The monoisotopic (exact) mass is 686 g/mol. The number of carbonyl (C=O) groups is 2. The standard InChI is InChI=1S/C26H28I2N2O4/c1-16-11-21(13-24(32)29-10-2-3-20(29)15-31)34-26(16)22-12-19(28)8-9-23(22)30(25(26)33)14-17-4-6-18(27)7-5-17/h4-9,12,16,20-21,31H,2-3,10-11,13-15H2,1H3/t16-,20+,21-,26+/m1/s1. The number of likely N-dealkylation sites (tertiary alicyclic amines) is 1. The number of fused-ring (bicyclic) bond motifs is 2. The third kappa shape index (κ3) is 4.18. The molecule has 3 aliphatic heterocycles. The molecule has 0 aromatic heterocycles. The van der Waals surface area contributed by atoms with E-state index in [1.165, 1.54) is 0 Å². The fraction of sp³-hybridized carbons (Fsp3) is 0.462. The van der Waals surface area contributed by atoms with Crippen molar-refractivity contribution in [3.05, 3.63) is 60.7 Å². The molecule has 6 nitrogen and oxygen atoms in total. The Morgan fingerprint density at radius 2 is 1.91 bits per heavy atom. The van der Waals surface area contributed by atoms with Gasteiger partial charge in [0.15, 0.2) is 5.60 Å². The van der Waals surface area contributed by atoms with E-state index >= 15 is 0 Å². The van der Waals surface area contributed by atoms with Gasteiger partial charge in [-0.2, -0.15) is 0 Å². The number of halogens is 2. The average Bonchev–Trinajstić information content (AvgIpc) is 3.48. The predicted octanol–water partition coefficient (Wildman–Crippen LogP) is 4.44. The Labute approximate surface area is 227 Å². The van der Waals surface area contributed by atoms with Crippen LogP contribution in [0.1, 0.15) is 43.7 Å². The minimum atomic E-state index is -1.06. The summed E-state index contributed by atoms with van der Waals surface area (Å²) in [6.07, 6.45) is 2.33. The highest BCUT2D eigenvalue weighted by Gasteiger charge is 2.60. The molecular weight excluding hydrogens is 658 g/mol. The Bertz CT molecular complexity index is 1110. The van der Waals surface area contributed by atoms with Crippen molar-refractivity contribution in [2.45, 2.75) is 56.9 Å². The Balaban J connectivity index is 1.42. The van der Waals surface area contributed by atoms with Crippen molar-refractivity contribution >= 4 is 62.7 Å². The van der Waals surface area contributed by atoms with Crippen molar-refractivity contribution < 1.29 is 19.4 Å². The number of carbonyl (C=O) groups excluding carboxylic acids is 2. The Morgan fingerprint density at radius 1 is 1.18 bits per heavy atom. The lowest BCUT2D eigenvalue weighted by Gasteiger charge is -2.29. The van der Waals surface area contributed by atoms with E-state index in [9.17, 15) is 14.7 Å². The lowest BCUT2D eigenvalue weighted by molar-refractivity contribution is -0.150. The second-order valence-corrected chi connectivity index (χ2v) is 12.1. The van der Waals surface area contributed by atoms with Crippen molar-refractivity contribution in [2.24, 2.45) is 5.92 Å². The third-order valence-electron chi connectivity index (χ3n) is 7.44. The summed E-state index contributed by atoms with van der Waals surface area (Å²) < 4.78 is 8.80. The molecule has 1 spiro atoms. The first-order valence-corrected chi connectivity index (χ1v) is 13.9. The maximum absolute atomic E-state index is 14.0. The second kappa shape index (κ2) is 9.67. The lowest BCUT2D eigenvalue weighted by atomic mass is 9.83. The minimum Gasteiger partial charge on any atom is -0.394 e. The minimum absolute atomic E-state index is 0.00456. The molecule has 0 bridgehead atoms. The molecule has 3 heterocycles. The van der Waals surface area contributed by atoms with E-state index in [0.29, 0.717) is 19.5 Å². The Morgan fingerprint density at radius 3 is 2.65 bits per heavy atom. The number of rotatable bonds is 5. The Kier molecular flexibility index (Phi) is 6.95. The summed E-state index contributed by atoms with van der Waals surface area (Å²) >= 11 is 4.56. The molecule has 1 N–H and O–H groups in total. The highest BCUT2D eigenvalue weighted by Crippen LogP contribution is 2.54. The first-order valence-electron chi connectivity index (χ1n) is 11.8. The molecule has 2 aromatic rings. The highest BCUT2D eigenvalue weighted by atomic mass is 127. The van der Waals surface area contributed by atoms with Crippen LogP contribution in [0.5, 0.6) is 0 Å². The van der Waals surface area contributed by atoms with Crippen molar-refractivity contribution in [3.63, 3.8) is 0 Å². The quantitative estimate of drug-likeness (QED) is 0.473. The molecule has 0 unspecified atom stereocenters. The first-order chi connectivity index (χ1) is 16.3. The third-order valence-corrected chi connectivity index (χ3v) is 8.83. The fourth-order valence-electron chi connectivity index (χ4n) is 5.76. The molecule has 2 fully saturated rings. The van der Waals surface area contributed by atoms with Crippen LogP contribution in [-0.4, -0.2) is 47.1 Å². The van der Waals surface area contributed by atoms with Gasteiger partial charge < -0.3 is 19.6 Å². The Hall–Kier alpha value is -1.24. The van der Waals surface area contributed by atoms with E-state index in [-0.39, 0.29) is 42.9 Å². The van der Waals surface area contributed by atoms with Gasteiger partial charge in [0.25, 0.3) is 5.91 Å². The van der Waals surface area contributed by atoms with Crippen molar-refractivity contribution in [2.75, 3.05) is 18.1 Å². The van der Waals surface area contributed by atoms with E-state index in [4.69, 9.17) is 4.74 Å². The van der Waals surface area contributed by atoms with Crippen LogP contribution in [0.2, 0.25) is 0 Å².